The smallest absolute Gasteiger partial charge is 0.251 e. The highest BCUT2D eigenvalue weighted by atomic mass is 16.5. The lowest BCUT2D eigenvalue weighted by molar-refractivity contribution is -0.168. The summed E-state index contributed by atoms with van der Waals surface area (Å²) >= 11 is 0. The molecular formula is C18H25N3O3. The highest BCUT2D eigenvalue weighted by Crippen LogP contribution is 2.41. The molecular weight excluding hydrogens is 306 g/mol. The highest BCUT2D eigenvalue weighted by molar-refractivity contribution is 5.93. The van der Waals surface area contributed by atoms with Crippen molar-refractivity contribution in [2.75, 3.05) is 26.2 Å². The van der Waals surface area contributed by atoms with E-state index in [9.17, 15) is 9.59 Å². The van der Waals surface area contributed by atoms with Crippen molar-refractivity contribution in [1.29, 1.82) is 0 Å². The first kappa shape index (κ1) is 16.9. The summed E-state index contributed by atoms with van der Waals surface area (Å²) in [6.45, 7) is 6.59. The molecule has 1 spiro atoms. The summed E-state index contributed by atoms with van der Waals surface area (Å²) in [4.78, 5) is 29.9. The van der Waals surface area contributed by atoms with Crippen LogP contribution in [0.3, 0.4) is 0 Å². The Morgan fingerprint density at radius 3 is 2.75 bits per heavy atom. The fourth-order valence-electron chi connectivity index (χ4n) is 3.63. The van der Waals surface area contributed by atoms with Crippen molar-refractivity contribution in [2.45, 2.75) is 32.3 Å². The fraction of sp³-hybridized carbons (Fsp3) is 0.611. The molecule has 0 bridgehead atoms. The number of nitrogens with one attached hydrogen (secondary N) is 1. The van der Waals surface area contributed by atoms with E-state index in [4.69, 9.17) is 4.74 Å². The summed E-state index contributed by atoms with van der Waals surface area (Å²) < 4.78 is 5.98. The molecule has 2 aliphatic heterocycles. The van der Waals surface area contributed by atoms with E-state index in [-0.39, 0.29) is 23.3 Å². The molecule has 0 aliphatic carbocycles. The number of carbonyl (C=O) groups is 2. The predicted molar refractivity (Wildman–Crippen MR) is 89.4 cm³/mol. The molecule has 1 N–H and O–H groups in total. The molecule has 0 saturated carbocycles. The van der Waals surface area contributed by atoms with E-state index < -0.39 is 0 Å². The van der Waals surface area contributed by atoms with Crippen LogP contribution in [0.4, 0.5) is 0 Å². The normalized spacial score (nSPS) is 21.8. The minimum absolute atomic E-state index is 0.0295. The number of amides is 2. The standard InChI is InChI=1S/C18H25N3O3/c1-13(2)17(23)21-11-18(12-21)15(6-10-24-18)5-9-20-16(22)14-3-7-19-8-4-14/h3-4,7-8,13,15H,5-6,9-12H2,1-2H3,(H,20,22). The molecule has 6 nitrogen and oxygen atoms in total. The Kier molecular flexibility index (Phi) is 4.85. The molecule has 130 valence electrons. The largest absolute Gasteiger partial charge is 0.371 e. The van der Waals surface area contributed by atoms with Crippen molar-refractivity contribution in [3.63, 3.8) is 0 Å². The number of likely N-dealkylation sites (tertiary alicyclic amines) is 1. The van der Waals surface area contributed by atoms with E-state index in [0.29, 0.717) is 31.1 Å². The third-order valence-electron chi connectivity index (χ3n) is 5.04. The zero-order valence-corrected chi connectivity index (χ0v) is 14.3. The first-order valence-corrected chi connectivity index (χ1v) is 8.63. The molecule has 2 fully saturated rings. The van der Waals surface area contributed by atoms with Gasteiger partial charge in [0, 0.05) is 37.0 Å². The molecule has 1 aromatic heterocycles. The monoisotopic (exact) mass is 331 g/mol. The number of hydrogen-bond acceptors (Lipinski definition) is 4. The van der Waals surface area contributed by atoms with Gasteiger partial charge in [-0.2, -0.15) is 0 Å². The molecule has 1 unspecified atom stereocenters. The molecule has 2 amide bonds. The molecule has 1 aromatic rings. The lowest BCUT2D eigenvalue weighted by atomic mass is 9.78. The number of carbonyl (C=O) groups excluding carboxylic acids is 2. The van der Waals surface area contributed by atoms with Gasteiger partial charge in [-0.1, -0.05) is 13.8 Å². The summed E-state index contributed by atoms with van der Waals surface area (Å²) in [6, 6.07) is 3.41. The molecule has 0 radical (unpaired) electrons. The summed E-state index contributed by atoms with van der Waals surface area (Å²) in [5.74, 6) is 0.546. The Hall–Kier alpha value is -1.95. The Bertz CT molecular complexity index is 597. The van der Waals surface area contributed by atoms with Crippen LogP contribution in [0, 0.1) is 11.8 Å². The number of rotatable bonds is 5. The van der Waals surface area contributed by atoms with Crippen LogP contribution in [0.25, 0.3) is 0 Å². The molecule has 2 saturated heterocycles. The van der Waals surface area contributed by atoms with Gasteiger partial charge in [0.15, 0.2) is 0 Å². The first-order chi connectivity index (χ1) is 11.5. The molecule has 0 aromatic carbocycles. The van der Waals surface area contributed by atoms with Crippen molar-refractivity contribution in [3.05, 3.63) is 30.1 Å². The Balaban J connectivity index is 1.47. The van der Waals surface area contributed by atoms with Crippen LogP contribution in [0.1, 0.15) is 37.0 Å². The zero-order valence-electron chi connectivity index (χ0n) is 14.3. The lowest BCUT2D eigenvalue weighted by Crippen LogP contribution is -2.66. The predicted octanol–water partition coefficient (Wildman–Crippen LogP) is 1.47. The Labute approximate surface area is 142 Å². The number of aromatic nitrogens is 1. The van der Waals surface area contributed by atoms with Crippen LogP contribution in [0.5, 0.6) is 0 Å². The van der Waals surface area contributed by atoms with Gasteiger partial charge in [-0.15, -0.1) is 0 Å². The second-order valence-electron chi connectivity index (χ2n) is 7.03. The SMILES string of the molecule is CC(C)C(=O)N1CC2(C1)OCCC2CCNC(=O)c1ccncc1. The molecule has 3 rings (SSSR count). The van der Waals surface area contributed by atoms with Crippen LogP contribution in [0.2, 0.25) is 0 Å². The van der Waals surface area contributed by atoms with Crippen molar-refractivity contribution in [3.8, 4) is 0 Å². The van der Waals surface area contributed by atoms with Crippen molar-refractivity contribution < 1.29 is 14.3 Å². The van der Waals surface area contributed by atoms with Gasteiger partial charge in [0.1, 0.15) is 5.60 Å². The van der Waals surface area contributed by atoms with Gasteiger partial charge in [-0.25, -0.2) is 0 Å². The summed E-state index contributed by atoms with van der Waals surface area (Å²) in [6.07, 6.45) is 5.10. The van der Waals surface area contributed by atoms with Gasteiger partial charge in [0.2, 0.25) is 5.91 Å². The topological polar surface area (TPSA) is 71.5 Å². The maximum atomic E-state index is 12.1. The maximum Gasteiger partial charge on any atom is 0.251 e. The van der Waals surface area contributed by atoms with Gasteiger partial charge in [0.25, 0.3) is 5.91 Å². The molecule has 2 aliphatic rings. The maximum absolute atomic E-state index is 12.1. The van der Waals surface area contributed by atoms with Crippen LogP contribution in [-0.4, -0.2) is 53.5 Å². The molecule has 1 atom stereocenters. The van der Waals surface area contributed by atoms with Crippen LogP contribution < -0.4 is 5.32 Å². The second-order valence-corrected chi connectivity index (χ2v) is 7.03. The quantitative estimate of drug-likeness (QED) is 0.887. The van der Waals surface area contributed by atoms with Gasteiger partial charge >= 0.3 is 0 Å². The van der Waals surface area contributed by atoms with E-state index >= 15 is 0 Å². The molecule has 24 heavy (non-hydrogen) atoms. The fourth-order valence-corrected chi connectivity index (χ4v) is 3.63. The van der Waals surface area contributed by atoms with E-state index in [1.807, 2.05) is 18.7 Å². The molecule has 3 heterocycles. The van der Waals surface area contributed by atoms with E-state index in [1.165, 1.54) is 0 Å². The van der Waals surface area contributed by atoms with E-state index in [2.05, 4.69) is 10.3 Å². The average molecular weight is 331 g/mol. The third-order valence-corrected chi connectivity index (χ3v) is 5.04. The zero-order chi connectivity index (χ0) is 17.2. The Morgan fingerprint density at radius 1 is 1.38 bits per heavy atom. The average Bonchev–Trinajstić information content (AvgIpc) is 2.97. The van der Waals surface area contributed by atoms with Crippen molar-refractivity contribution in [1.82, 2.24) is 15.2 Å². The number of pyridine rings is 1. The summed E-state index contributed by atoms with van der Waals surface area (Å²) in [5, 5.41) is 2.96. The number of nitrogens with zero attached hydrogens (tertiary/aromatic N) is 2. The van der Waals surface area contributed by atoms with E-state index in [0.717, 1.165) is 19.4 Å². The number of hydrogen-bond donors (Lipinski definition) is 1. The summed E-state index contributed by atoms with van der Waals surface area (Å²) in [5.41, 5.74) is 0.436. The summed E-state index contributed by atoms with van der Waals surface area (Å²) in [7, 11) is 0. The van der Waals surface area contributed by atoms with E-state index in [1.54, 1.807) is 24.5 Å². The van der Waals surface area contributed by atoms with Gasteiger partial charge in [0.05, 0.1) is 13.1 Å². The van der Waals surface area contributed by atoms with Gasteiger partial charge in [-0.3, -0.25) is 14.6 Å². The van der Waals surface area contributed by atoms with Gasteiger partial charge in [-0.05, 0) is 30.9 Å². The lowest BCUT2D eigenvalue weighted by Gasteiger charge is -2.50. The molecule has 6 heteroatoms. The van der Waals surface area contributed by atoms with Crippen LogP contribution in [0.15, 0.2) is 24.5 Å². The minimum atomic E-state index is -0.189. The van der Waals surface area contributed by atoms with Crippen molar-refractivity contribution in [2.24, 2.45) is 11.8 Å². The third kappa shape index (κ3) is 3.29. The van der Waals surface area contributed by atoms with Crippen molar-refractivity contribution >= 4 is 11.8 Å². The van der Waals surface area contributed by atoms with Crippen LogP contribution in [-0.2, 0) is 9.53 Å². The van der Waals surface area contributed by atoms with Crippen LogP contribution >= 0.6 is 0 Å². The number of ether oxygens (including phenoxy) is 1. The second kappa shape index (κ2) is 6.89. The minimum Gasteiger partial charge on any atom is -0.371 e. The highest BCUT2D eigenvalue weighted by Gasteiger charge is 2.54. The van der Waals surface area contributed by atoms with Gasteiger partial charge < -0.3 is 15.0 Å². The Morgan fingerprint density at radius 2 is 2.08 bits per heavy atom. The first-order valence-electron chi connectivity index (χ1n) is 8.63.